The molecule has 0 bridgehead atoms. The largest absolute Gasteiger partial charge is 0.497 e. The number of para-hydroxylation sites is 1. The zero-order valence-corrected chi connectivity index (χ0v) is 17.3. The van der Waals surface area contributed by atoms with E-state index in [-0.39, 0.29) is 11.5 Å². The van der Waals surface area contributed by atoms with Crippen LogP contribution < -0.4 is 19.7 Å². The van der Waals surface area contributed by atoms with Gasteiger partial charge in [-0.1, -0.05) is 36.5 Å². The number of methoxy groups -OCH3 is 1. The molecule has 0 atom stereocenters. The van der Waals surface area contributed by atoms with Crippen molar-refractivity contribution >= 4 is 33.5 Å². The zero-order chi connectivity index (χ0) is 20.8. The SMILES string of the molecule is CCCN1C(=O)/C(=c2\sc3nc(-c4ccc(OC)cc4)nn3c2=O)c2ccccc21. The molecule has 5 rings (SSSR count). The van der Waals surface area contributed by atoms with E-state index in [0.29, 0.717) is 27.4 Å². The molecular formula is C22H18N4O3S. The van der Waals surface area contributed by atoms with Gasteiger partial charge in [-0.2, -0.15) is 9.50 Å². The Morgan fingerprint density at radius 2 is 1.83 bits per heavy atom. The third kappa shape index (κ3) is 2.72. The summed E-state index contributed by atoms with van der Waals surface area (Å²) in [5.74, 6) is 1.05. The first-order chi connectivity index (χ1) is 14.6. The number of hydrogen-bond acceptors (Lipinski definition) is 6. The number of nitrogens with zero attached hydrogens (tertiary/aromatic N) is 4. The summed E-state index contributed by atoms with van der Waals surface area (Å²) in [5.41, 5.74) is 2.53. The van der Waals surface area contributed by atoms with Gasteiger partial charge in [-0.05, 0) is 36.8 Å². The molecule has 0 radical (unpaired) electrons. The number of fused-ring (bicyclic) bond motifs is 2. The van der Waals surface area contributed by atoms with E-state index in [1.807, 2.05) is 55.5 Å². The Morgan fingerprint density at radius 1 is 1.07 bits per heavy atom. The van der Waals surface area contributed by atoms with E-state index in [9.17, 15) is 9.59 Å². The van der Waals surface area contributed by atoms with Gasteiger partial charge in [-0.15, -0.1) is 5.10 Å². The number of anilines is 1. The lowest BCUT2D eigenvalue weighted by atomic mass is 10.1. The molecule has 1 aliphatic rings. The molecule has 30 heavy (non-hydrogen) atoms. The molecule has 4 aromatic rings. The lowest BCUT2D eigenvalue weighted by molar-refractivity contribution is -0.113. The topological polar surface area (TPSA) is 76.8 Å². The van der Waals surface area contributed by atoms with Crippen LogP contribution in [-0.2, 0) is 4.79 Å². The van der Waals surface area contributed by atoms with Crippen molar-refractivity contribution in [3.05, 3.63) is 69.0 Å². The Balaban J connectivity index is 1.67. The van der Waals surface area contributed by atoms with Gasteiger partial charge >= 0.3 is 0 Å². The molecule has 7 nitrogen and oxygen atoms in total. The van der Waals surface area contributed by atoms with E-state index in [2.05, 4.69) is 10.1 Å². The van der Waals surface area contributed by atoms with Crippen molar-refractivity contribution in [2.45, 2.75) is 13.3 Å². The van der Waals surface area contributed by atoms with Crippen molar-refractivity contribution in [3.8, 4) is 17.1 Å². The summed E-state index contributed by atoms with van der Waals surface area (Å²) in [6, 6.07) is 14.9. The number of benzene rings is 2. The fourth-order valence-electron chi connectivity index (χ4n) is 3.69. The van der Waals surface area contributed by atoms with E-state index in [0.717, 1.165) is 29.0 Å². The Kier molecular flexibility index (Phi) is 4.36. The summed E-state index contributed by atoms with van der Waals surface area (Å²) < 4.78 is 6.83. The van der Waals surface area contributed by atoms with E-state index >= 15 is 0 Å². The van der Waals surface area contributed by atoms with Gasteiger partial charge in [0.05, 0.1) is 18.4 Å². The molecule has 0 saturated carbocycles. The lowest BCUT2D eigenvalue weighted by Crippen LogP contribution is -2.32. The molecule has 8 heteroatoms. The van der Waals surface area contributed by atoms with Crippen LogP contribution in [0.1, 0.15) is 18.9 Å². The minimum absolute atomic E-state index is 0.143. The van der Waals surface area contributed by atoms with Gasteiger partial charge in [-0.3, -0.25) is 9.59 Å². The van der Waals surface area contributed by atoms with Crippen LogP contribution >= 0.6 is 11.3 Å². The number of aromatic nitrogens is 3. The van der Waals surface area contributed by atoms with Gasteiger partial charge < -0.3 is 9.64 Å². The number of thiazole rings is 1. The first-order valence-electron chi connectivity index (χ1n) is 9.62. The van der Waals surface area contributed by atoms with Crippen LogP contribution in [0.15, 0.2) is 53.3 Å². The van der Waals surface area contributed by atoms with E-state index in [4.69, 9.17) is 4.74 Å². The fraction of sp³-hybridized carbons (Fsp3) is 0.182. The molecule has 0 fully saturated rings. The lowest BCUT2D eigenvalue weighted by Gasteiger charge is -2.15. The summed E-state index contributed by atoms with van der Waals surface area (Å²) in [6.07, 6.45) is 0.831. The van der Waals surface area contributed by atoms with E-state index in [1.54, 1.807) is 12.0 Å². The zero-order valence-electron chi connectivity index (χ0n) is 16.5. The molecule has 150 valence electrons. The summed E-state index contributed by atoms with van der Waals surface area (Å²) in [5, 5.41) is 4.39. The molecule has 0 unspecified atom stereocenters. The number of carbonyl (C=O) groups is 1. The molecular weight excluding hydrogens is 400 g/mol. The van der Waals surface area contributed by atoms with Gasteiger partial charge in [-0.25, -0.2) is 0 Å². The second-order valence-corrected chi connectivity index (χ2v) is 7.92. The summed E-state index contributed by atoms with van der Waals surface area (Å²) in [6.45, 7) is 2.63. The summed E-state index contributed by atoms with van der Waals surface area (Å²) in [4.78, 5) is 33.0. The van der Waals surface area contributed by atoms with Crippen molar-refractivity contribution in [2.24, 2.45) is 0 Å². The molecule has 1 aliphatic heterocycles. The Hall–Kier alpha value is -3.52. The van der Waals surface area contributed by atoms with Crippen LogP contribution in [0.3, 0.4) is 0 Å². The normalized spacial score (nSPS) is 15.1. The molecule has 1 amide bonds. The molecule has 2 aromatic heterocycles. The maximum absolute atomic E-state index is 13.1. The second-order valence-electron chi connectivity index (χ2n) is 6.94. The highest BCUT2D eigenvalue weighted by molar-refractivity contribution is 7.15. The van der Waals surface area contributed by atoms with Crippen molar-refractivity contribution in [3.63, 3.8) is 0 Å². The smallest absolute Gasteiger partial charge is 0.291 e. The van der Waals surface area contributed by atoms with Gasteiger partial charge in [0, 0.05) is 17.7 Å². The van der Waals surface area contributed by atoms with Crippen molar-refractivity contribution in [1.29, 1.82) is 0 Å². The Morgan fingerprint density at radius 3 is 2.53 bits per heavy atom. The van der Waals surface area contributed by atoms with E-state index < -0.39 is 0 Å². The molecule has 3 heterocycles. The van der Waals surface area contributed by atoms with Gasteiger partial charge in [0.2, 0.25) is 4.96 Å². The minimum atomic E-state index is -0.321. The van der Waals surface area contributed by atoms with Crippen molar-refractivity contribution in [2.75, 3.05) is 18.6 Å². The first kappa shape index (κ1) is 18.5. The predicted octanol–water partition coefficient (Wildman–Crippen LogP) is 2.50. The average Bonchev–Trinajstić information content (AvgIpc) is 3.40. The van der Waals surface area contributed by atoms with Gasteiger partial charge in [0.15, 0.2) is 5.82 Å². The third-order valence-corrected chi connectivity index (χ3v) is 6.13. The molecule has 2 aromatic carbocycles. The number of ether oxygens (including phenoxy) is 1. The van der Waals surface area contributed by atoms with Gasteiger partial charge in [0.25, 0.3) is 11.5 Å². The van der Waals surface area contributed by atoms with Crippen LogP contribution in [0.4, 0.5) is 5.69 Å². The predicted molar refractivity (Wildman–Crippen MR) is 116 cm³/mol. The van der Waals surface area contributed by atoms with Crippen LogP contribution in [0.25, 0.3) is 21.9 Å². The van der Waals surface area contributed by atoms with Crippen LogP contribution in [0.5, 0.6) is 5.75 Å². The minimum Gasteiger partial charge on any atom is -0.497 e. The molecule has 0 N–H and O–H groups in total. The molecule has 0 saturated heterocycles. The molecule has 0 spiro atoms. The quantitative estimate of drug-likeness (QED) is 0.509. The number of amides is 1. The first-order valence-corrected chi connectivity index (χ1v) is 10.4. The maximum Gasteiger partial charge on any atom is 0.291 e. The highest BCUT2D eigenvalue weighted by atomic mass is 32.1. The van der Waals surface area contributed by atoms with E-state index in [1.165, 1.54) is 15.9 Å². The average molecular weight is 418 g/mol. The monoisotopic (exact) mass is 418 g/mol. The van der Waals surface area contributed by atoms with Gasteiger partial charge in [0.1, 0.15) is 10.3 Å². The second kappa shape index (κ2) is 7.07. The number of rotatable bonds is 4. The number of carbonyl (C=O) groups excluding carboxylic acids is 1. The summed E-state index contributed by atoms with van der Waals surface area (Å²) >= 11 is 1.20. The Labute approximate surface area is 175 Å². The van der Waals surface area contributed by atoms with Crippen LogP contribution in [-0.4, -0.2) is 34.2 Å². The summed E-state index contributed by atoms with van der Waals surface area (Å²) in [7, 11) is 1.60. The third-order valence-electron chi connectivity index (χ3n) is 5.10. The maximum atomic E-state index is 13.1. The highest BCUT2D eigenvalue weighted by Crippen LogP contribution is 2.35. The van der Waals surface area contributed by atoms with Crippen LogP contribution in [0, 0.1) is 0 Å². The molecule has 0 aliphatic carbocycles. The number of hydrogen-bond donors (Lipinski definition) is 0. The van der Waals surface area contributed by atoms with Crippen LogP contribution in [0.2, 0.25) is 0 Å². The fourth-order valence-corrected chi connectivity index (χ4v) is 4.69. The Bertz CT molecular complexity index is 1390. The van der Waals surface area contributed by atoms with Crippen molar-refractivity contribution < 1.29 is 9.53 Å². The standard InChI is InChI=1S/C22H18N4O3S/c1-3-12-25-16-7-5-4-6-15(16)17(20(25)27)18-21(28)26-22(30-18)23-19(24-26)13-8-10-14(29-2)11-9-13/h4-11H,3,12H2,1-2H3/b18-17-. The highest BCUT2D eigenvalue weighted by Gasteiger charge is 2.33. The van der Waals surface area contributed by atoms with Crippen molar-refractivity contribution in [1.82, 2.24) is 14.6 Å².